The predicted octanol–water partition coefficient (Wildman–Crippen LogP) is 3.89. The Kier molecular flexibility index (Phi) is 3.98. The number of thiophene rings is 2. The molecule has 2 aromatic heterocycles. The van der Waals surface area contributed by atoms with E-state index < -0.39 is 0 Å². The fourth-order valence-corrected chi connectivity index (χ4v) is 4.20. The molecule has 6 heteroatoms. The minimum atomic E-state index is 0.0573. The first-order chi connectivity index (χ1) is 7.22. The van der Waals surface area contributed by atoms with Gasteiger partial charge in [-0.3, -0.25) is 5.84 Å². The average Bonchev–Trinajstić information content (AvgIpc) is 2.79. The highest BCUT2D eigenvalue weighted by molar-refractivity contribution is 9.11. The van der Waals surface area contributed by atoms with Gasteiger partial charge < -0.3 is 0 Å². The van der Waals surface area contributed by atoms with Crippen LogP contribution in [0.15, 0.2) is 31.2 Å². The number of halogens is 2. The van der Waals surface area contributed by atoms with Crippen molar-refractivity contribution in [2.45, 2.75) is 6.04 Å². The lowest BCUT2D eigenvalue weighted by atomic mass is 10.1. The van der Waals surface area contributed by atoms with Gasteiger partial charge in [0.25, 0.3) is 0 Å². The van der Waals surface area contributed by atoms with Gasteiger partial charge in [0, 0.05) is 9.35 Å². The van der Waals surface area contributed by atoms with E-state index >= 15 is 0 Å². The Balaban J connectivity index is 2.36. The third kappa shape index (κ3) is 2.51. The monoisotopic (exact) mass is 366 g/mol. The minimum Gasteiger partial charge on any atom is -0.271 e. The molecular weight excluding hydrogens is 360 g/mol. The topological polar surface area (TPSA) is 38.0 Å². The molecule has 0 aliphatic heterocycles. The summed E-state index contributed by atoms with van der Waals surface area (Å²) in [6.07, 6.45) is 0. The second-order valence-corrected chi connectivity index (χ2v) is 7.01. The van der Waals surface area contributed by atoms with Crippen molar-refractivity contribution in [1.82, 2.24) is 5.43 Å². The molecule has 0 fully saturated rings. The number of hydrogen-bond donors (Lipinski definition) is 2. The first-order valence-electron chi connectivity index (χ1n) is 4.15. The van der Waals surface area contributed by atoms with Crippen LogP contribution in [0, 0.1) is 0 Å². The lowest BCUT2D eigenvalue weighted by Crippen LogP contribution is -2.28. The molecule has 2 rings (SSSR count). The van der Waals surface area contributed by atoms with E-state index in [0.717, 1.165) is 8.26 Å². The third-order valence-electron chi connectivity index (χ3n) is 1.99. The van der Waals surface area contributed by atoms with Gasteiger partial charge >= 0.3 is 0 Å². The zero-order valence-electron chi connectivity index (χ0n) is 7.54. The van der Waals surface area contributed by atoms with Crippen LogP contribution in [0.3, 0.4) is 0 Å². The Morgan fingerprint density at radius 3 is 2.60 bits per heavy atom. The molecule has 2 heterocycles. The molecule has 2 aromatic rings. The molecule has 0 aliphatic rings. The number of rotatable bonds is 3. The highest BCUT2D eigenvalue weighted by Crippen LogP contribution is 2.35. The first kappa shape index (κ1) is 11.8. The molecule has 2 nitrogen and oxygen atoms in total. The largest absolute Gasteiger partial charge is 0.271 e. The van der Waals surface area contributed by atoms with Gasteiger partial charge in [-0.05, 0) is 60.3 Å². The maximum Gasteiger partial charge on any atom is 0.0822 e. The van der Waals surface area contributed by atoms with Gasteiger partial charge in [0.2, 0.25) is 0 Å². The highest BCUT2D eigenvalue weighted by Gasteiger charge is 2.17. The van der Waals surface area contributed by atoms with Gasteiger partial charge in [-0.15, -0.1) is 22.7 Å². The maximum absolute atomic E-state index is 5.60. The molecule has 0 saturated carbocycles. The van der Waals surface area contributed by atoms with Crippen LogP contribution < -0.4 is 11.3 Å². The van der Waals surface area contributed by atoms with Gasteiger partial charge in [-0.2, -0.15) is 0 Å². The van der Waals surface area contributed by atoms with Crippen LogP contribution in [0.5, 0.6) is 0 Å². The third-order valence-corrected chi connectivity index (χ3v) is 5.45. The Labute approximate surface area is 113 Å². The Bertz CT molecular complexity index is 452. The second-order valence-electron chi connectivity index (χ2n) is 2.92. The molecule has 0 amide bonds. The van der Waals surface area contributed by atoms with Crippen molar-refractivity contribution in [3.63, 3.8) is 0 Å². The normalized spacial score (nSPS) is 13.0. The minimum absolute atomic E-state index is 0.0573. The van der Waals surface area contributed by atoms with Crippen molar-refractivity contribution in [2.24, 2.45) is 5.84 Å². The molecule has 1 atom stereocenters. The lowest BCUT2D eigenvalue weighted by molar-refractivity contribution is 0.646. The molecule has 0 aromatic carbocycles. The SMILES string of the molecule is NNC(c1csc(Br)c1)c1sccc1Br. The molecule has 1 unspecified atom stereocenters. The summed E-state index contributed by atoms with van der Waals surface area (Å²) in [7, 11) is 0. The number of hydrazine groups is 1. The maximum atomic E-state index is 5.60. The lowest BCUT2D eigenvalue weighted by Gasteiger charge is -2.13. The summed E-state index contributed by atoms with van der Waals surface area (Å²) in [6.45, 7) is 0. The van der Waals surface area contributed by atoms with E-state index in [-0.39, 0.29) is 6.04 Å². The van der Waals surface area contributed by atoms with Crippen LogP contribution in [-0.2, 0) is 0 Å². The fraction of sp³-hybridized carbons (Fsp3) is 0.111. The van der Waals surface area contributed by atoms with E-state index in [1.54, 1.807) is 22.7 Å². The van der Waals surface area contributed by atoms with Crippen molar-refractivity contribution in [2.75, 3.05) is 0 Å². The summed E-state index contributed by atoms with van der Waals surface area (Å²) < 4.78 is 2.21. The highest BCUT2D eigenvalue weighted by atomic mass is 79.9. The predicted molar refractivity (Wildman–Crippen MR) is 73.2 cm³/mol. The second kappa shape index (κ2) is 5.07. The summed E-state index contributed by atoms with van der Waals surface area (Å²) in [5, 5.41) is 4.14. The molecule has 0 spiro atoms. The van der Waals surface area contributed by atoms with Crippen molar-refractivity contribution in [3.8, 4) is 0 Å². The Hall–Kier alpha value is 0.280. The van der Waals surface area contributed by atoms with E-state index in [2.05, 4.69) is 48.7 Å². The van der Waals surface area contributed by atoms with Crippen LogP contribution in [-0.4, -0.2) is 0 Å². The first-order valence-corrected chi connectivity index (χ1v) is 7.50. The zero-order valence-corrected chi connectivity index (χ0v) is 12.3. The molecule has 0 bridgehead atoms. The quantitative estimate of drug-likeness (QED) is 0.638. The number of nitrogens with two attached hydrogens (primary N) is 1. The molecule has 80 valence electrons. The van der Waals surface area contributed by atoms with Gasteiger partial charge in [-0.1, -0.05) is 0 Å². The summed E-state index contributed by atoms with van der Waals surface area (Å²) in [5.41, 5.74) is 4.02. The molecule has 15 heavy (non-hydrogen) atoms. The summed E-state index contributed by atoms with van der Waals surface area (Å²) in [5.74, 6) is 5.60. The van der Waals surface area contributed by atoms with Gasteiger partial charge in [0.1, 0.15) is 0 Å². The van der Waals surface area contributed by atoms with Crippen molar-refractivity contribution in [3.05, 3.63) is 41.6 Å². The van der Waals surface area contributed by atoms with Crippen molar-refractivity contribution < 1.29 is 0 Å². The van der Waals surface area contributed by atoms with Gasteiger partial charge in [-0.25, -0.2) is 5.43 Å². The summed E-state index contributed by atoms with van der Waals surface area (Å²) in [4.78, 5) is 1.20. The smallest absolute Gasteiger partial charge is 0.0822 e. The fourth-order valence-electron chi connectivity index (χ4n) is 1.31. The zero-order chi connectivity index (χ0) is 10.8. The van der Waals surface area contributed by atoms with Crippen molar-refractivity contribution >= 4 is 54.5 Å². The Morgan fingerprint density at radius 2 is 2.13 bits per heavy atom. The van der Waals surface area contributed by atoms with E-state index in [9.17, 15) is 0 Å². The number of nitrogens with one attached hydrogen (secondary N) is 1. The Morgan fingerprint density at radius 1 is 1.33 bits per heavy atom. The van der Waals surface area contributed by atoms with Crippen LogP contribution in [0.2, 0.25) is 0 Å². The van der Waals surface area contributed by atoms with Crippen LogP contribution in [0.1, 0.15) is 16.5 Å². The standard InChI is InChI=1S/C9H8Br2N2S2/c10-6-1-2-14-9(6)8(13-12)5-3-7(11)15-4-5/h1-4,8,13H,12H2. The van der Waals surface area contributed by atoms with E-state index in [0.29, 0.717) is 0 Å². The van der Waals surface area contributed by atoms with E-state index in [4.69, 9.17) is 5.84 Å². The van der Waals surface area contributed by atoms with E-state index in [1.165, 1.54) is 10.4 Å². The van der Waals surface area contributed by atoms with Crippen LogP contribution in [0.4, 0.5) is 0 Å². The molecule has 3 N–H and O–H groups in total. The molecule has 0 saturated heterocycles. The summed E-state index contributed by atoms with van der Waals surface area (Å²) in [6, 6.07) is 4.18. The number of hydrogen-bond acceptors (Lipinski definition) is 4. The average molecular weight is 368 g/mol. The van der Waals surface area contributed by atoms with Crippen molar-refractivity contribution in [1.29, 1.82) is 0 Å². The van der Waals surface area contributed by atoms with Gasteiger partial charge in [0.05, 0.1) is 9.83 Å². The van der Waals surface area contributed by atoms with Gasteiger partial charge in [0.15, 0.2) is 0 Å². The molecule has 0 aliphatic carbocycles. The molecular formula is C9H8Br2N2S2. The summed E-state index contributed by atoms with van der Waals surface area (Å²) >= 11 is 10.3. The van der Waals surface area contributed by atoms with E-state index in [1.807, 2.05) is 11.4 Å². The molecule has 0 radical (unpaired) electrons. The van der Waals surface area contributed by atoms with Crippen LogP contribution in [0.25, 0.3) is 0 Å². The van der Waals surface area contributed by atoms with Crippen LogP contribution >= 0.6 is 54.5 Å².